The number of carbonyl (C=O) groups is 2. The SMILES string of the molecule is CC(=O)N1c2ccccc2C(=O)C12CCN(CCC(c1ccccc1)c1ccccc1)CC2. The van der Waals surface area contributed by atoms with E-state index in [-0.39, 0.29) is 11.7 Å². The van der Waals surface area contributed by atoms with Gasteiger partial charge >= 0.3 is 0 Å². The number of nitrogens with zero attached hydrogens (tertiary/aromatic N) is 2. The first-order chi connectivity index (χ1) is 16.1. The minimum Gasteiger partial charge on any atom is -0.303 e. The molecule has 4 nitrogen and oxygen atoms in total. The predicted molar refractivity (Wildman–Crippen MR) is 132 cm³/mol. The summed E-state index contributed by atoms with van der Waals surface area (Å²) in [5.41, 5.74) is 3.42. The molecule has 0 radical (unpaired) electrons. The lowest BCUT2D eigenvalue weighted by Crippen LogP contribution is -2.58. The zero-order valence-corrected chi connectivity index (χ0v) is 19.1. The van der Waals surface area contributed by atoms with Crippen LogP contribution in [0.5, 0.6) is 0 Å². The van der Waals surface area contributed by atoms with E-state index in [2.05, 4.69) is 65.6 Å². The van der Waals surface area contributed by atoms with Gasteiger partial charge in [0.05, 0.1) is 5.69 Å². The maximum Gasteiger partial charge on any atom is 0.224 e. The molecule has 1 spiro atoms. The maximum absolute atomic E-state index is 13.4. The van der Waals surface area contributed by atoms with Crippen molar-refractivity contribution in [2.75, 3.05) is 24.5 Å². The average molecular weight is 439 g/mol. The molecular weight excluding hydrogens is 408 g/mol. The van der Waals surface area contributed by atoms with Crippen molar-refractivity contribution in [3.05, 3.63) is 102 Å². The first-order valence-electron chi connectivity index (χ1n) is 11.9. The van der Waals surface area contributed by atoms with Gasteiger partial charge in [-0.05, 0) is 49.1 Å². The zero-order chi connectivity index (χ0) is 22.8. The van der Waals surface area contributed by atoms with Crippen LogP contribution >= 0.6 is 0 Å². The molecule has 2 aliphatic rings. The van der Waals surface area contributed by atoms with Crippen LogP contribution in [0.2, 0.25) is 0 Å². The molecular formula is C29H30N2O2. The molecule has 3 aromatic rings. The van der Waals surface area contributed by atoms with Gasteiger partial charge in [-0.3, -0.25) is 14.5 Å². The molecule has 168 valence electrons. The molecule has 0 aliphatic carbocycles. The van der Waals surface area contributed by atoms with Crippen molar-refractivity contribution in [3.63, 3.8) is 0 Å². The van der Waals surface area contributed by atoms with Crippen molar-refractivity contribution < 1.29 is 9.59 Å². The summed E-state index contributed by atoms with van der Waals surface area (Å²) in [4.78, 5) is 30.3. The molecule has 1 saturated heterocycles. The Labute approximate surface area is 195 Å². The lowest BCUT2D eigenvalue weighted by atomic mass is 9.82. The fourth-order valence-corrected chi connectivity index (χ4v) is 5.72. The molecule has 1 amide bonds. The predicted octanol–water partition coefficient (Wildman–Crippen LogP) is 5.29. The van der Waals surface area contributed by atoms with Crippen LogP contribution in [-0.2, 0) is 4.79 Å². The molecule has 0 aromatic heterocycles. The number of fused-ring (bicyclic) bond motifs is 1. The fraction of sp³-hybridized carbons (Fsp3) is 0.310. The molecule has 0 N–H and O–H groups in total. The lowest BCUT2D eigenvalue weighted by Gasteiger charge is -2.43. The van der Waals surface area contributed by atoms with Crippen LogP contribution in [0.1, 0.15) is 53.6 Å². The largest absolute Gasteiger partial charge is 0.303 e. The summed E-state index contributed by atoms with van der Waals surface area (Å²) in [6.07, 6.45) is 2.38. The standard InChI is InChI=1S/C29H30N2O2/c1-22(32)31-27-15-9-8-14-26(27)28(33)29(31)17-20-30(21-18-29)19-16-25(23-10-4-2-5-11-23)24-12-6-3-7-13-24/h2-15,25H,16-21H2,1H3. The van der Waals surface area contributed by atoms with Crippen LogP contribution in [0.3, 0.4) is 0 Å². The van der Waals surface area contributed by atoms with Crippen molar-refractivity contribution in [2.24, 2.45) is 0 Å². The Hall–Kier alpha value is -3.24. The number of benzene rings is 3. The number of piperidine rings is 1. The van der Waals surface area contributed by atoms with E-state index in [1.807, 2.05) is 24.3 Å². The molecule has 2 aliphatic heterocycles. The Morgan fingerprint density at radius 1 is 0.848 bits per heavy atom. The van der Waals surface area contributed by atoms with Gasteiger partial charge in [0.25, 0.3) is 0 Å². The first kappa shape index (κ1) is 21.6. The lowest BCUT2D eigenvalue weighted by molar-refractivity contribution is -0.117. The van der Waals surface area contributed by atoms with E-state index >= 15 is 0 Å². The van der Waals surface area contributed by atoms with Crippen molar-refractivity contribution in [1.29, 1.82) is 0 Å². The Morgan fingerprint density at radius 2 is 1.39 bits per heavy atom. The normalized spacial score (nSPS) is 17.5. The molecule has 4 heteroatoms. The highest BCUT2D eigenvalue weighted by atomic mass is 16.2. The van der Waals surface area contributed by atoms with E-state index in [4.69, 9.17) is 0 Å². The van der Waals surface area contributed by atoms with Crippen LogP contribution in [0.25, 0.3) is 0 Å². The molecule has 33 heavy (non-hydrogen) atoms. The number of rotatable bonds is 5. The Morgan fingerprint density at radius 3 is 1.97 bits per heavy atom. The number of carbonyl (C=O) groups excluding carboxylic acids is 2. The van der Waals surface area contributed by atoms with Gasteiger partial charge in [0.15, 0.2) is 5.78 Å². The minimum absolute atomic E-state index is 0.0463. The summed E-state index contributed by atoms with van der Waals surface area (Å²) in [5, 5.41) is 0. The Kier molecular flexibility index (Phi) is 5.86. The van der Waals surface area contributed by atoms with Crippen molar-refractivity contribution in [1.82, 2.24) is 4.90 Å². The van der Waals surface area contributed by atoms with Crippen LogP contribution in [0.15, 0.2) is 84.9 Å². The summed E-state index contributed by atoms with van der Waals surface area (Å²) in [6.45, 7) is 4.18. The van der Waals surface area contributed by atoms with Gasteiger partial charge < -0.3 is 4.90 Å². The van der Waals surface area contributed by atoms with Crippen LogP contribution in [-0.4, -0.2) is 41.8 Å². The molecule has 0 atom stereocenters. The molecule has 0 saturated carbocycles. The molecule has 2 heterocycles. The van der Waals surface area contributed by atoms with Crippen molar-refractivity contribution >= 4 is 17.4 Å². The van der Waals surface area contributed by atoms with Crippen molar-refractivity contribution in [3.8, 4) is 0 Å². The van der Waals surface area contributed by atoms with Gasteiger partial charge in [-0.25, -0.2) is 0 Å². The molecule has 3 aromatic carbocycles. The number of Topliss-reactive ketones (excluding diaryl/α,β-unsaturated/α-hetero) is 1. The number of hydrogen-bond donors (Lipinski definition) is 0. The highest BCUT2D eigenvalue weighted by molar-refractivity contribution is 6.20. The summed E-state index contributed by atoms with van der Waals surface area (Å²) in [7, 11) is 0. The summed E-state index contributed by atoms with van der Waals surface area (Å²) in [6, 6.07) is 28.9. The van der Waals surface area contributed by atoms with E-state index in [1.165, 1.54) is 11.1 Å². The molecule has 0 bridgehead atoms. The first-order valence-corrected chi connectivity index (χ1v) is 11.9. The average Bonchev–Trinajstić information content (AvgIpc) is 3.10. The van der Waals surface area contributed by atoms with Gasteiger partial charge in [-0.2, -0.15) is 0 Å². The second-order valence-corrected chi connectivity index (χ2v) is 9.24. The smallest absolute Gasteiger partial charge is 0.224 e. The monoisotopic (exact) mass is 438 g/mol. The number of likely N-dealkylation sites (tertiary alicyclic amines) is 1. The molecule has 1 fully saturated rings. The second-order valence-electron chi connectivity index (χ2n) is 9.24. The summed E-state index contributed by atoms with van der Waals surface area (Å²) in [5.74, 6) is 0.406. The zero-order valence-electron chi connectivity index (χ0n) is 19.1. The van der Waals surface area contributed by atoms with E-state index in [0.29, 0.717) is 24.3 Å². The fourth-order valence-electron chi connectivity index (χ4n) is 5.72. The Bertz CT molecular complexity index is 1100. The quantitative estimate of drug-likeness (QED) is 0.543. The van der Waals surface area contributed by atoms with Crippen LogP contribution in [0, 0.1) is 0 Å². The van der Waals surface area contributed by atoms with Gasteiger partial charge in [-0.15, -0.1) is 0 Å². The minimum atomic E-state index is -0.718. The summed E-state index contributed by atoms with van der Waals surface area (Å²) >= 11 is 0. The molecule has 0 unspecified atom stereocenters. The van der Waals surface area contributed by atoms with E-state index in [9.17, 15) is 9.59 Å². The van der Waals surface area contributed by atoms with E-state index in [0.717, 1.165) is 31.7 Å². The van der Waals surface area contributed by atoms with Gasteiger partial charge in [0.2, 0.25) is 5.91 Å². The third-order valence-electron chi connectivity index (χ3n) is 7.38. The number of hydrogen-bond acceptors (Lipinski definition) is 3. The highest BCUT2D eigenvalue weighted by Crippen LogP contribution is 2.44. The topological polar surface area (TPSA) is 40.6 Å². The van der Waals surface area contributed by atoms with Crippen LogP contribution in [0.4, 0.5) is 5.69 Å². The number of para-hydroxylation sites is 1. The highest BCUT2D eigenvalue weighted by Gasteiger charge is 2.53. The van der Waals surface area contributed by atoms with Gasteiger partial charge in [0, 0.05) is 31.5 Å². The number of anilines is 1. The second kappa shape index (κ2) is 8.95. The maximum atomic E-state index is 13.4. The molecule has 5 rings (SSSR count). The third-order valence-corrected chi connectivity index (χ3v) is 7.38. The third kappa shape index (κ3) is 3.89. The van der Waals surface area contributed by atoms with Gasteiger partial charge in [-0.1, -0.05) is 72.8 Å². The van der Waals surface area contributed by atoms with Crippen molar-refractivity contribution in [2.45, 2.75) is 37.6 Å². The number of ketones is 1. The van der Waals surface area contributed by atoms with Gasteiger partial charge in [0.1, 0.15) is 5.54 Å². The Balaban J connectivity index is 1.30. The van der Waals surface area contributed by atoms with Crippen LogP contribution < -0.4 is 4.90 Å². The number of amides is 1. The summed E-state index contributed by atoms with van der Waals surface area (Å²) < 4.78 is 0. The van der Waals surface area contributed by atoms with E-state index < -0.39 is 5.54 Å². The van der Waals surface area contributed by atoms with E-state index in [1.54, 1.807) is 11.8 Å².